The first-order chi connectivity index (χ1) is 6.40. The van der Waals surface area contributed by atoms with E-state index in [1.807, 2.05) is 12.1 Å². The highest BCUT2D eigenvalue weighted by molar-refractivity contribution is 5.44. The van der Waals surface area contributed by atoms with Crippen LogP contribution in [0.3, 0.4) is 0 Å². The Bertz CT molecular complexity index is 299. The van der Waals surface area contributed by atoms with E-state index in [9.17, 15) is 0 Å². The Morgan fingerprint density at radius 1 is 1.31 bits per heavy atom. The molecular formula is C10H13NO2. The third-order valence-corrected chi connectivity index (χ3v) is 2.02. The van der Waals surface area contributed by atoms with Gasteiger partial charge in [0, 0.05) is 6.54 Å². The molecule has 1 aromatic rings. The first kappa shape index (κ1) is 8.38. The summed E-state index contributed by atoms with van der Waals surface area (Å²) < 4.78 is 10.5. The van der Waals surface area contributed by atoms with E-state index in [0.29, 0.717) is 6.79 Å². The second-order valence-corrected chi connectivity index (χ2v) is 2.97. The van der Waals surface area contributed by atoms with Crippen molar-refractivity contribution in [2.75, 3.05) is 13.3 Å². The van der Waals surface area contributed by atoms with Crippen LogP contribution in [0.15, 0.2) is 18.2 Å². The van der Waals surface area contributed by atoms with Crippen LogP contribution < -0.4 is 14.8 Å². The Balaban J connectivity index is 2.12. The molecule has 1 aliphatic rings. The summed E-state index contributed by atoms with van der Waals surface area (Å²) in [6, 6.07) is 6.02. The summed E-state index contributed by atoms with van der Waals surface area (Å²) in [7, 11) is 0. The predicted molar refractivity (Wildman–Crippen MR) is 49.9 cm³/mol. The van der Waals surface area contributed by atoms with Gasteiger partial charge in [-0.3, -0.25) is 0 Å². The Morgan fingerprint density at radius 2 is 2.15 bits per heavy atom. The predicted octanol–water partition coefficient (Wildman–Crippen LogP) is 1.52. The van der Waals surface area contributed by atoms with Gasteiger partial charge in [-0.15, -0.1) is 0 Å². The van der Waals surface area contributed by atoms with E-state index < -0.39 is 0 Å². The molecule has 1 aliphatic heterocycles. The van der Waals surface area contributed by atoms with Gasteiger partial charge in [0.1, 0.15) is 0 Å². The number of fused-ring (bicyclic) bond motifs is 1. The zero-order valence-corrected chi connectivity index (χ0v) is 7.67. The summed E-state index contributed by atoms with van der Waals surface area (Å²) in [5, 5.41) is 3.26. The van der Waals surface area contributed by atoms with Crippen LogP contribution in [0.25, 0.3) is 0 Å². The van der Waals surface area contributed by atoms with Crippen LogP contribution in [0.5, 0.6) is 11.5 Å². The van der Waals surface area contributed by atoms with Crippen LogP contribution in [0.2, 0.25) is 0 Å². The monoisotopic (exact) mass is 179 g/mol. The highest BCUT2D eigenvalue weighted by Crippen LogP contribution is 2.32. The molecule has 0 aliphatic carbocycles. The van der Waals surface area contributed by atoms with Crippen molar-refractivity contribution in [3.8, 4) is 11.5 Å². The van der Waals surface area contributed by atoms with E-state index in [4.69, 9.17) is 9.47 Å². The molecule has 0 radical (unpaired) electrons. The maximum Gasteiger partial charge on any atom is 0.231 e. The van der Waals surface area contributed by atoms with Gasteiger partial charge in [0.2, 0.25) is 6.79 Å². The van der Waals surface area contributed by atoms with Gasteiger partial charge in [0.05, 0.1) is 0 Å². The van der Waals surface area contributed by atoms with Crippen molar-refractivity contribution in [1.29, 1.82) is 0 Å². The molecule has 0 amide bonds. The minimum atomic E-state index is 0.347. The second kappa shape index (κ2) is 3.66. The van der Waals surface area contributed by atoms with Crippen molar-refractivity contribution in [2.45, 2.75) is 13.5 Å². The molecule has 3 nitrogen and oxygen atoms in total. The topological polar surface area (TPSA) is 30.5 Å². The molecule has 0 saturated heterocycles. The van der Waals surface area contributed by atoms with Crippen LogP contribution in [0.1, 0.15) is 12.5 Å². The highest BCUT2D eigenvalue weighted by atomic mass is 16.7. The normalized spacial score (nSPS) is 13.3. The van der Waals surface area contributed by atoms with E-state index >= 15 is 0 Å². The van der Waals surface area contributed by atoms with Crippen molar-refractivity contribution in [3.63, 3.8) is 0 Å². The second-order valence-electron chi connectivity index (χ2n) is 2.97. The number of hydrogen-bond donors (Lipinski definition) is 1. The number of rotatable bonds is 3. The van der Waals surface area contributed by atoms with Gasteiger partial charge in [0.25, 0.3) is 0 Å². The van der Waals surface area contributed by atoms with Crippen LogP contribution >= 0.6 is 0 Å². The first-order valence-corrected chi connectivity index (χ1v) is 4.49. The molecule has 0 fully saturated rings. The Kier molecular flexibility index (Phi) is 2.36. The van der Waals surface area contributed by atoms with Gasteiger partial charge in [-0.05, 0) is 24.2 Å². The first-order valence-electron chi connectivity index (χ1n) is 4.49. The lowest BCUT2D eigenvalue weighted by Crippen LogP contribution is -2.11. The van der Waals surface area contributed by atoms with Gasteiger partial charge in [-0.25, -0.2) is 0 Å². The van der Waals surface area contributed by atoms with E-state index in [-0.39, 0.29) is 0 Å². The van der Waals surface area contributed by atoms with Crippen molar-refractivity contribution in [1.82, 2.24) is 5.32 Å². The maximum absolute atomic E-state index is 5.27. The fourth-order valence-corrected chi connectivity index (χ4v) is 1.32. The smallest absolute Gasteiger partial charge is 0.231 e. The number of hydrogen-bond acceptors (Lipinski definition) is 3. The fourth-order valence-electron chi connectivity index (χ4n) is 1.32. The Hall–Kier alpha value is -1.22. The summed E-state index contributed by atoms with van der Waals surface area (Å²) in [5.74, 6) is 1.70. The summed E-state index contributed by atoms with van der Waals surface area (Å²) in [6.07, 6.45) is 0. The standard InChI is InChI=1S/C10H13NO2/c1-2-11-6-8-3-4-9-10(5-8)13-7-12-9/h3-5,11H,2,6-7H2,1H3. The molecule has 3 heteroatoms. The molecule has 0 saturated carbocycles. The average molecular weight is 179 g/mol. The van der Waals surface area contributed by atoms with Gasteiger partial charge >= 0.3 is 0 Å². The zero-order valence-electron chi connectivity index (χ0n) is 7.67. The van der Waals surface area contributed by atoms with Gasteiger partial charge < -0.3 is 14.8 Å². The number of nitrogens with one attached hydrogen (secondary N) is 1. The largest absolute Gasteiger partial charge is 0.454 e. The van der Waals surface area contributed by atoms with Crippen molar-refractivity contribution in [3.05, 3.63) is 23.8 Å². The van der Waals surface area contributed by atoms with Crippen molar-refractivity contribution < 1.29 is 9.47 Å². The lowest BCUT2D eigenvalue weighted by molar-refractivity contribution is 0.174. The van der Waals surface area contributed by atoms with Crippen molar-refractivity contribution >= 4 is 0 Å². The van der Waals surface area contributed by atoms with E-state index in [0.717, 1.165) is 24.6 Å². The maximum atomic E-state index is 5.27. The van der Waals surface area contributed by atoms with Crippen LogP contribution in [0, 0.1) is 0 Å². The molecule has 0 unspecified atom stereocenters. The van der Waals surface area contributed by atoms with E-state index in [2.05, 4.69) is 18.3 Å². The SMILES string of the molecule is CCNCc1ccc2c(c1)OCO2. The lowest BCUT2D eigenvalue weighted by Gasteiger charge is -2.02. The molecule has 0 bridgehead atoms. The highest BCUT2D eigenvalue weighted by Gasteiger charge is 2.12. The molecule has 1 heterocycles. The van der Waals surface area contributed by atoms with Gasteiger partial charge in [-0.2, -0.15) is 0 Å². The zero-order chi connectivity index (χ0) is 9.10. The van der Waals surface area contributed by atoms with Gasteiger partial charge in [-0.1, -0.05) is 13.0 Å². The molecule has 70 valence electrons. The minimum absolute atomic E-state index is 0.347. The number of ether oxygens (including phenoxy) is 2. The van der Waals surface area contributed by atoms with Gasteiger partial charge in [0.15, 0.2) is 11.5 Å². The molecular weight excluding hydrogens is 166 g/mol. The minimum Gasteiger partial charge on any atom is -0.454 e. The third-order valence-electron chi connectivity index (χ3n) is 2.02. The Labute approximate surface area is 77.7 Å². The molecule has 0 aromatic heterocycles. The van der Waals surface area contributed by atoms with Crippen molar-refractivity contribution in [2.24, 2.45) is 0 Å². The quantitative estimate of drug-likeness (QED) is 0.763. The molecule has 0 atom stereocenters. The summed E-state index contributed by atoms with van der Waals surface area (Å²) in [4.78, 5) is 0. The third kappa shape index (κ3) is 1.75. The molecule has 0 spiro atoms. The summed E-state index contributed by atoms with van der Waals surface area (Å²) in [5.41, 5.74) is 1.23. The molecule has 1 aromatic carbocycles. The number of benzene rings is 1. The molecule has 13 heavy (non-hydrogen) atoms. The van der Waals surface area contributed by atoms with E-state index in [1.165, 1.54) is 5.56 Å². The van der Waals surface area contributed by atoms with Crippen LogP contribution in [-0.4, -0.2) is 13.3 Å². The Morgan fingerprint density at radius 3 is 3.00 bits per heavy atom. The van der Waals surface area contributed by atoms with Crippen LogP contribution in [-0.2, 0) is 6.54 Å². The summed E-state index contributed by atoms with van der Waals surface area (Å²) in [6.45, 7) is 4.30. The molecule has 1 N–H and O–H groups in total. The summed E-state index contributed by atoms with van der Waals surface area (Å²) >= 11 is 0. The molecule has 2 rings (SSSR count). The lowest BCUT2D eigenvalue weighted by atomic mass is 10.2. The van der Waals surface area contributed by atoms with Crippen LogP contribution in [0.4, 0.5) is 0 Å². The van der Waals surface area contributed by atoms with E-state index in [1.54, 1.807) is 0 Å². The fraction of sp³-hybridized carbons (Fsp3) is 0.400. The average Bonchev–Trinajstić information content (AvgIpc) is 2.61.